The fourth-order valence-corrected chi connectivity index (χ4v) is 2.80. The summed E-state index contributed by atoms with van der Waals surface area (Å²) in [6.45, 7) is 1.12. The van der Waals surface area contributed by atoms with E-state index in [2.05, 4.69) is 5.32 Å². The summed E-state index contributed by atoms with van der Waals surface area (Å²) >= 11 is 0. The number of benzene rings is 2. The quantitative estimate of drug-likeness (QED) is 0.938. The Morgan fingerprint density at radius 1 is 1.12 bits per heavy atom. The Bertz CT molecular complexity index is 764. The van der Waals surface area contributed by atoms with Crippen LogP contribution < -0.4 is 14.8 Å². The molecule has 0 saturated carbocycles. The second-order valence-electron chi connectivity index (χ2n) is 5.58. The molecule has 0 fully saturated rings. The predicted molar refractivity (Wildman–Crippen MR) is 89.1 cm³/mol. The van der Waals surface area contributed by atoms with Crippen LogP contribution in [0.1, 0.15) is 11.1 Å². The van der Waals surface area contributed by atoms with Crippen LogP contribution in [0.3, 0.4) is 0 Å². The van der Waals surface area contributed by atoms with E-state index in [4.69, 9.17) is 9.47 Å². The SMILES string of the molecule is COc1ccc2c(c1)CN(C(=O)Nc1ccc(F)cc1OC)CC2. The molecule has 0 aromatic heterocycles. The number of amides is 2. The molecule has 5 nitrogen and oxygen atoms in total. The molecule has 0 bridgehead atoms. The van der Waals surface area contributed by atoms with Crippen LogP contribution in [0.4, 0.5) is 14.9 Å². The first-order valence-electron chi connectivity index (χ1n) is 7.66. The number of nitrogens with zero attached hydrogens (tertiary/aromatic N) is 1. The Hall–Kier alpha value is -2.76. The number of rotatable bonds is 3. The van der Waals surface area contributed by atoms with Gasteiger partial charge in [0.2, 0.25) is 0 Å². The van der Waals surface area contributed by atoms with Crippen molar-refractivity contribution in [1.82, 2.24) is 4.90 Å². The fraction of sp³-hybridized carbons (Fsp3) is 0.278. The second-order valence-corrected chi connectivity index (χ2v) is 5.58. The molecule has 1 aliphatic heterocycles. The van der Waals surface area contributed by atoms with Crippen LogP contribution in [0.15, 0.2) is 36.4 Å². The third-order valence-electron chi connectivity index (χ3n) is 4.12. The lowest BCUT2D eigenvalue weighted by molar-refractivity contribution is 0.206. The highest BCUT2D eigenvalue weighted by Gasteiger charge is 2.22. The van der Waals surface area contributed by atoms with Gasteiger partial charge in [-0.3, -0.25) is 0 Å². The molecule has 2 aromatic carbocycles. The lowest BCUT2D eigenvalue weighted by atomic mass is 10.00. The summed E-state index contributed by atoms with van der Waals surface area (Å²) in [6, 6.07) is 9.69. The van der Waals surface area contributed by atoms with Crippen LogP contribution >= 0.6 is 0 Å². The van der Waals surface area contributed by atoms with Gasteiger partial charge in [-0.2, -0.15) is 0 Å². The van der Waals surface area contributed by atoms with Crippen molar-refractivity contribution in [2.24, 2.45) is 0 Å². The first-order valence-corrected chi connectivity index (χ1v) is 7.66. The zero-order chi connectivity index (χ0) is 17.1. The lowest BCUT2D eigenvalue weighted by Gasteiger charge is -2.29. The van der Waals surface area contributed by atoms with Crippen molar-refractivity contribution in [3.8, 4) is 11.5 Å². The number of carbonyl (C=O) groups is 1. The molecule has 0 radical (unpaired) electrons. The molecule has 1 heterocycles. The molecule has 0 atom stereocenters. The summed E-state index contributed by atoms with van der Waals surface area (Å²) in [5, 5.41) is 2.78. The van der Waals surface area contributed by atoms with Gasteiger partial charge in [0.25, 0.3) is 0 Å². The van der Waals surface area contributed by atoms with Crippen molar-refractivity contribution < 1.29 is 18.7 Å². The van der Waals surface area contributed by atoms with Crippen LogP contribution in [-0.2, 0) is 13.0 Å². The molecule has 0 aliphatic carbocycles. The highest BCUT2D eigenvalue weighted by molar-refractivity contribution is 5.91. The van der Waals surface area contributed by atoms with Crippen molar-refractivity contribution in [2.75, 3.05) is 26.1 Å². The van der Waals surface area contributed by atoms with Crippen LogP contribution in [0.25, 0.3) is 0 Å². The largest absolute Gasteiger partial charge is 0.497 e. The van der Waals surface area contributed by atoms with Crippen molar-refractivity contribution in [1.29, 1.82) is 0 Å². The molecule has 1 N–H and O–H groups in total. The Kier molecular flexibility index (Phi) is 4.55. The van der Waals surface area contributed by atoms with Gasteiger partial charge in [-0.25, -0.2) is 9.18 Å². The van der Waals surface area contributed by atoms with Crippen LogP contribution in [0, 0.1) is 5.82 Å². The van der Waals surface area contributed by atoms with Crippen molar-refractivity contribution >= 4 is 11.7 Å². The van der Waals surface area contributed by atoms with Gasteiger partial charge in [0, 0.05) is 19.2 Å². The summed E-state index contributed by atoms with van der Waals surface area (Å²) in [6.07, 6.45) is 0.785. The highest BCUT2D eigenvalue weighted by atomic mass is 19.1. The minimum atomic E-state index is -0.413. The molecule has 1 aliphatic rings. The van der Waals surface area contributed by atoms with E-state index in [1.807, 2.05) is 18.2 Å². The smallest absolute Gasteiger partial charge is 0.322 e. The Morgan fingerprint density at radius 2 is 1.96 bits per heavy atom. The van der Waals surface area contributed by atoms with E-state index in [9.17, 15) is 9.18 Å². The number of methoxy groups -OCH3 is 2. The molecule has 6 heteroatoms. The number of hydrogen-bond acceptors (Lipinski definition) is 3. The number of carbonyl (C=O) groups excluding carboxylic acids is 1. The zero-order valence-corrected chi connectivity index (χ0v) is 13.6. The number of hydrogen-bond donors (Lipinski definition) is 1. The average Bonchev–Trinajstić information content (AvgIpc) is 2.62. The molecule has 3 rings (SSSR count). The molecule has 126 valence electrons. The van der Waals surface area contributed by atoms with E-state index in [0.717, 1.165) is 17.7 Å². The maximum absolute atomic E-state index is 13.2. The maximum atomic E-state index is 13.2. The Balaban J connectivity index is 1.74. The topological polar surface area (TPSA) is 50.8 Å². The molecule has 24 heavy (non-hydrogen) atoms. The van der Waals surface area contributed by atoms with E-state index in [1.54, 1.807) is 12.0 Å². The normalized spacial score (nSPS) is 13.2. The van der Waals surface area contributed by atoms with E-state index < -0.39 is 5.82 Å². The number of urea groups is 1. The number of halogens is 1. The van der Waals surface area contributed by atoms with Gasteiger partial charge in [-0.05, 0) is 41.8 Å². The van der Waals surface area contributed by atoms with Crippen LogP contribution in [-0.4, -0.2) is 31.7 Å². The Labute approximate surface area is 140 Å². The minimum Gasteiger partial charge on any atom is -0.497 e. The number of anilines is 1. The maximum Gasteiger partial charge on any atom is 0.322 e. The summed E-state index contributed by atoms with van der Waals surface area (Å²) in [5.41, 5.74) is 2.74. The van der Waals surface area contributed by atoms with E-state index in [1.165, 1.54) is 30.9 Å². The second kappa shape index (κ2) is 6.78. The molecular weight excluding hydrogens is 311 g/mol. The van der Waals surface area contributed by atoms with Gasteiger partial charge in [0.15, 0.2) is 0 Å². The van der Waals surface area contributed by atoms with Gasteiger partial charge in [-0.1, -0.05) is 6.07 Å². The molecule has 2 aromatic rings. The highest BCUT2D eigenvalue weighted by Crippen LogP contribution is 2.27. The predicted octanol–water partition coefficient (Wildman–Crippen LogP) is 3.43. The standard InChI is InChI=1S/C18H19FN2O3/c1-23-15-5-3-12-7-8-21(11-13(12)9-15)18(22)20-16-6-4-14(19)10-17(16)24-2/h3-6,9-10H,7-8,11H2,1-2H3,(H,20,22). The molecular formula is C18H19FN2O3. The van der Waals surface area contributed by atoms with Crippen molar-refractivity contribution in [3.63, 3.8) is 0 Å². The number of ether oxygens (including phenoxy) is 2. The fourth-order valence-electron chi connectivity index (χ4n) is 2.80. The molecule has 2 amide bonds. The van der Waals surface area contributed by atoms with Crippen LogP contribution in [0.5, 0.6) is 11.5 Å². The van der Waals surface area contributed by atoms with Gasteiger partial charge in [-0.15, -0.1) is 0 Å². The lowest BCUT2D eigenvalue weighted by Crippen LogP contribution is -2.38. The van der Waals surface area contributed by atoms with Crippen molar-refractivity contribution in [3.05, 3.63) is 53.3 Å². The summed E-state index contributed by atoms with van der Waals surface area (Å²) in [5.74, 6) is 0.655. The number of nitrogens with one attached hydrogen (secondary N) is 1. The summed E-state index contributed by atoms with van der Waals surface area (Å²) < 4.78 is 23.6. The van der Waals surface area contributed by atoms with E-state index in [0.29, 0.717) is 24.5 Å². The summed E-state index contributed by atoms with van der Waals surface area (Å²) in [4.78, 5) is 14.2. The van der Waals surface area contributed by atoms with Gasteiger partial charge in [0.05, 0.1) is 19.9 Å². The first kappa shape index (κ1) is 16.1. The van der Waals surface area contributed by atoms with E-state index in [-0.39, 0.29) is 6.03 Å². The number of fused-ring (bicyclic) bond motifs is 1. The van der Waals surface area contributed by atoms with Crippen LogP contribution in [0.2, 0.25) is 0 Å². The first-order chi connectivity index (χ1) is 11.6. The van der Waals surface area contributed by atoms with Gasteiger partial charge in [0.1, 0.15) is 17.3 Å². The monoisotopic (exact) mass is 330 g/mol. The Morgan fingerprint density at radius 3 is 2.71 bits per heavy atom. The average molecular weight is 330 g/mol. The molecule has 0 spiro atoms. The third kappa shape index (κ3) is 3.27. The van der Waals surface area contributed by atoms with Crippen molar-refractivity contribution in [2.45, 2.75) is 13.0 Å². The van der Waals surface area contributed by atoms with Gasteiger partial charge >= 0.3 is 6.03 Å². The minimum absolute atomic E-state index is 0.242. The molecule has 0 saturated heterocycles. The molecule has 0 unspecified atom stereocenters. The zero-order valence-electron chi connectivity index (χ0n) is 13.6. The van der Waals surface area contributed by atoms with E-state index >= 15 is 0 Å². The summed E-state index contributed by atoms with van der Waals surface area (Å²) in [7, 11) is 3.06. The third-order valence-corrected chi connectivity index (χ3v) is 4.12. The van der Waals surface area contributed by atoms with Gasteiger partial charge < -0.3 is 19.7 Å².